The van der Waals surface area contributed by atoms with Gasteiger partial charge in [0.1, 0.15) is 0 Å². The first-order valence-corrected chi connectivity index (χ1v) is 4.33. The van der Waals surface area contributed by atoms with Crippen LogP contribution < -0.4 is 5.73 Å². The van der Waals surface area contributed by atoms with Crippen molar-refractivity contribution in [2.75, 3.05) is 0 Å². The summed E-state index contributed by atoms with van der Waals surface area (Å²) in [5.74, 6) is 0. The minimum atomic E-state index is 0.808. The van der Waals surface area contributed by atoms with E-state index in [1.165, 1.54) is 0 Å². The summed E-state index contributed by atoms with van der Waals surface area (Å²) < 4.78 is 0. The summed E-state index contributed by atoms with van der Waals surface area (Å²) >= 11 is 0. The third-order valence-electron chi connectivity index (χ3n) is 2.00. The molecule has 0 aliphatic carbocycles. The summed E-state index contributed by atoms with van der Waals surface area (Å²) in [5.41, 5.74) is 9.86. The van der Waals surface area contributed by atoms with Crippen molar-refractivity contribution in [1.82, 2.24) is 0 Å². The van der Waals surface area contributed by atoms with Crippen LogP contribution >= 0.6 is 0 Å². The Balaban J connectivity index is 3.13. The fourth-order valence-corrected chi connectivity index (χ4v) is 1.13. The molecule has 1 rings (SSSR count). The molecule has 1 heteroatoms. The molecule has 0 aliphatic rings. The highest BCUT2D eigenvalue weighted by atomic mass is 14.6. The van der Waals surface area contributed by atoms with Crippen LogP contribution in [0.1, 0.15) is 25.0 Å². The molecule has 0 unspecified atom stereocenters. The van der Waals surface area contributed by atoms with Crippen molar-refractivity contribution >= 4 is 11.3 Å². The molecule has 0 spiro atoms. The standard InChI is InChI=1S/C12H15N/c1-4-12(13)11-7-5-6-10(8-11)9(2)3/h4-8H,2,13H2,1,3H3/b12-4-. The molecule has 0 heterocycles. The zero-order chi connectivity index (χ0) is 9.84. The molecular formula is C12H15N. The van der Waals surface area contributed by atoms with Crippen molar-refractivity contribution < 1.29 is 0 Å². The van der Waals surface area contributed by atoms with E-state index in [0.29, 0.717) is 0 Å². The van der Waals surface area contributed by atoms with Gasteiger partial charge < -0.3 is 5.73 Å². The lowest BCUT2D eigenvalue weighted by atomic mass is 10.0. The van der Waals surface area contributed by atoms with Crippen LogP contribution in [0.5, 0.6) is 0 Å². The van der Waals surface area contributed by atoms with Gasteiger partial charge in [-0.1, -0.05) is 36.4 Å². The van der Waals surface area contributed by atoms with Crippen molar-refractivity contribution in [3.63, 3.8) is 0 Å². The quantitative estimate of drug-likeness (QED) is 0.730. The van der Waals surface area contributed by atoms with Crippen molar-refractivity contribution in [2.24, 2.45) is 5.73 Å². The van der Waals surface area contributed by atoms with Gasteiger partial charge in [-0.15, -0.1) is 0 Å². The molecular weight excluding hydrogens is 158 g/mol. The minimum absolute atomic E-state index is 0.808. The first-order chi connectivity index (χ1) is 6.15. The highest BCUT2D eigenvalue weighted by Crippen LogP contribution is 2.16. The molecule has 1 aromatic rings. The lowest BCUT2D eigenvalue weighted by molar-refractivity contribution is 1.47. The van der Waals surface area contributed by atoms with Crippen LogP contribution in [0.25, 0.3) is 11.3 Å². The predicted octanol–water partition coefficient (Wildman–Crippen LogP) is 3.04. The van der Waals surface area contributed by atoms with Gasteiger partial charge in [-0.25, -0.2) is 0 Å². The number of allylic oxidation sites excluding steroid dienone is 2. The first-order valence-electron chi connectivity index (χ1n) is 4.33. The zero-order valence-electron chi connectivity index (χ0n) is 8.17. The highest BCUT2D eigenvalue weighted by molar-refractivity contribution is 5.69. The molecule has 0 saturated carbocycles. The Morgan fingerprint density at radius 1 is 1.38 bits per heavy atom. The van der Waals surface area contributed by atoms with Gasteiger partial charge in [0.25, 0.3) is 0 Å². The number of benzene rings is 1. The van der Waals surface area contributed by atoms with Gasteiger partial charge >= 0.3 is 0 Å². The maximum absolute atomic E-state index is 5.79. The molecule has 0 fully saturated rings. The Kier molecular flexibility index (Phi) is 2.91. The minimum Gasteiger partial charge on any atom is -0.399 e. The van der Waals surface area contributed by atoms with E-state index in [2.05, 4.69) is 12.6 Å². The summed E-state index contributed by atoms with van der Waals surface area (Å²) in [4.78, 5) is 0. The topological polar surface area (TPSA) is 26.0 Å². The molecule has 1 nitrogen and oxygen atoms in total. The number of hydrogen-bond acceptors (Lipinski definition) is 1. The summed E-state index contributed by atoms with van der Waals surface area (Å²) in [6, 6.07) is 8.09. The number of hydrogen-bond donors (Lipinski definition) is 1. The van der Waals surface area contributed by atoms with Crippen molar-refractivity contribution in [1.29, 1.82) is 0 Å². The van der Waals surface area contributed by atoms with E-state index in [1.54, 1.807) is 0 Å². The second-order valence-electron chi connectivity index (χ2n) is 3.11. The average Bonchev–Trinajstić information content (AvgIpc) is 2.17. The zero-order valence-corrected chi connectivity index (χ0v) is 8.17. The van der Waals surface area contributed by atoms with E-state index in [9.17, 15) is 0 Å². The molecule has 2 N–H and O–H groups in total. The second-order valence-corrected chi connectivity index (χ2v) is 3.11. The van der Waals surface area contributed by atoms with E-state index in [-0.39, 0.29) is 0 Å². The Morgan fingerprint density at radius 2 is 2.00 bits per heavy atom. The first kappa shape index (κ1) is 9.59. The van der Waals surface area contributed by atoms with Gasteiger partial charge in [0.05, 0.1) is 0 Å². The van der Waals surface area contributed by atoms with Gasteiger partial charge in [-0.2, -0.15) is 0 Å². The number of rotatable bonds is 2. The lowest BCUT2D eigenvalue weighted by Gasteiger charge is -2.04. The van der Waals surface area contributed by atoms with Crippen LogP contribution in [-0.2, 0) is 0 Å². The Bertz CT molecular complexity index is 348. The molecule has 13 heavy (non-hydrogen) atoms. The maximum Gasteiger partial charge on any atom is 0.0344 e. The summed E-state index contributed by atoms with van der Waals surface area (Å²) in [6.45, 7) is 7.82. The molecule has 0 saturated heterocycles. The van der Waals surface area contributed by atoms with E-state index in [4.69, 9.17) is 5.73 Å². The predicted molar refractivity (Wildman–Crippen MR) is 59.0 cm³/mol. The van der Waals surface area contributed by atoms with Crippen LogP contribution in [-0.4, -0.2) is 0 Å². The fourth-order valence-electron chi connectivity index (χ4n) is 1.13. The fraction of sp³-hybridized carbons (Fsp3) is 0.167. The normalized spacial score (nSPS) is 11.4. The Labute approximate surface area is 79.6 Å². The van der Waals surface area contributed by atoms with Gasteiger partial charge in [0, 0.05) is 5.70 Å². The van der Waals surface area contributed by atoms with Gasteiger partial charge in [0.2, 0.25) is 0 Å². The lowest BCUT2D eigenvalue weighted by Crippen LogP contribution is -1.95. The van der Waals surface area contributed by atoms with Gasteiger partial charge in [0.15, 0.2) is 0 Å². The largest absolute Gasteiger partial charge is 0.399 e. The maximum atomic E-state index is 5.79. The highest BCUT2D eigenvalue weighted by Gasteiger charge is 1.97. The van der Waals surface area contributed by atoms with E-state index in [0.717, 1.165) is 22.4 Å². The molecule has 0 amide bonds. The second kappa shape index (κ2) is 3.94. The van der Waals surface area contributed by atoms with E-state index >= 15 is 0 Å². The third-order valence-corrected chi connectivity index (χ3v) is 2.00. The monoisotopic (exact) mass is 173 g/mol. The van der Waals surface area contributed by atoms with Crippen LogP contribution in [0.2, 0.25) is 0 Å². The molecule has 0 aromatic heterocycles. The van der Waals surface area contributed by atoms with E-state index in [1.807, 2.05) is 38.1 Å². The number of nitrogens with two attached hydrogens (primary N) is 1. The molecule has 68 valence electrons. The SMILES string of the molecule is C=C(C)c1cccc(/C(N)=C/C)c1. The molecule has 0 radical (unpaired) electrons. The van der Waals surface area contributed by atoms with Crippen LogP contribution in [0.15, 0.2) is 36.9 Å². The van der Waals surface area contributed by atoms with Crippen LogP contribution in [0, 0.1) is 0 Å². The average molecular weight is 173 g/mol. The molecule has 0 atom stereocenters. The molecule has 1 aromatic carbocycles. The van der Waals surface area contributed by atoms with Crippen molar-refractivity contribution in [2.45, 2.75) is 13.8 Å². The summed E-state index contributed by atoms with van der Waals surface area (Å²) in [6.07, 6.45) is 1.90. The van der Waals surface area contributed by atoms with Crippen molar-refractivity contribution in [3.8, 4) is 0 Å². The Morgan fingerprint density at radius 3 is 2.54 bits per heavy atom. The van der Waals surface area contributed by atoms with Gasteiger partial charge in [-0.05, 0) is 31.0 Å². The smallest absolute Gasteiger partial charge is 0.0344 e. The molecule has 0 bridgehead atoms. The van der Waals surface area contributed by atoms with Crippen LogP contribution in [0.4, 0.5) is 0 Å². The summed E-state index contributed by atoms with van der Waals surface area (Å²) in [7, 11) is 0. The van der Waals surface area contributed by atoms with Crippen molar-refractivity contribution in [3.05, 3.63) is 48.0 Å². The molecule has 0 aliphatic heterocycles. The summed E-state index contributed by atoms with van der Waals surface area (Å²) in [5, 5.41) is 0. The van der Waals surface area contributed by atoms with Gasteiger partial charge in [-0.3, -0.25) is 0 Å². The Hall–Kier alpha value is -1.50. The van der Waals surface area contributed by atoms with E-state index < -0.39 is 0 Å². The third kappa shape index (κ3) is 2.22. The van der Waals surface area contributed by atoms with Crippen LogP contribution in [0.3, 0.4) is 0 Å².